The van der Waals surface area contributed by atoms with Crippen LogP contribution in [0.25, 0.3) is 0 Å². The summed E-state index contributed by atoms with van der Waals surface area (Å²) < 4.78 is 0. The highest BCUT2D eigenvalue weighted by molar-refractivity contribution is 5.15. The van der Waals surface area contributed by atoms with Crippen LogP contribution in [0.1, 0.15) is 46.6 Å². The van der Waals surface area contributed by atoms with Crippen LogP contribution in [0.3, 0.4) is 0 Å². The van der Waals surface area contributed by atoms with Crippen LogP contribution in [0.15, 0.2) is 30.3 Å². The van der Waals surface area contributed by atoms with Gasteiger partial charge in [-0.25, -0.2) is 0 Å². The zero-order valence-electron chi connectivity index (χ0n) is 14.4. The standard InChI is InChI=1S/C19H32N2/c1-15(2)18-14-21(16(3)13-20-18)19(4,5)12-11-17-9-7-6-8-10-17/h6-10,15-16,18,20H,11-14H2,1-5H3. The Kier molecular flexibility index (Phi) is 5.45. The first kappa shape index (κ1) is 16.5. The molecule has 2 heteroatoms. The number of nitrogens with zero attached hydrogens (tertiary/aromatic N) is 1. The third-order valence-corrected chi connectivity index (χ3v) is 5.05. The van der Waals surface area contributed by atoms with Gasteiger partial charge in [-0.1, -0.05) is 44.2 Å². The van der Waals surface area contributed by atoms with Gasteiger partial charge in [-0.15, -0.1) is 0 Å². The molecule has 1 heterocycles. The fraction of sp³-hybridized carbons (Fsp3) is 0.684. The lowest BCUT2D eigenvalue weighted by Crippen LogP contribution is -2.63. The number of benzene rings is 1. The van der Waals surface area contributed by atoms with Gasteiger partial charge in [0.05, 0.1) is 0 Å². The van der Waals surface area contributed by atoms with Crippen molar-refractivity contribution in [3.63, 3.8) is 0 Å². The molecular weight excluding hydrogens is 256 g/mol. The Morgan fingerprint density at radius 1 is 1.24 bits per heavy atom. The van der Waals surface area contributed by atoms with Crippen LogP contribution in [-0.4, -0.2) is 35.6 Å². The monoisotopic (exact) mass is 288 g/mol. The SMILES string of the molecule is CC(C)C1CN(C(C)(C)CCc2ccccc2)C(C)CN1. The fourth-order valence-electron chi connectivity index (χ4n) is 3.42. The number of hydrogen-bond acceptors (Lipinski definition) is 2. The lowest BCUT2D eigenvalue weighted by atomic mass is 9.89. The average molecular weight is 288 g/mol. The van der Waals surface area contributed by atoms with Gasteiger partial charge in [0.2, 0.25) is 0 Å². The van der Waals surface area contributed by atoms with E-state index in [0.717, 1.165) is 13.0 Å². The minimum atomic E-state index is 0.254. The van der Waals surface area contributed by atoms with Crippen molar-refractivity contribution in [1.82, 2.24) is 10.2 Å². The second-order valence-electron chi connectivity index (χ2n) is 7.56. The Morgan fingerprint density at radius 2 is 1.90 bits per heavy atom. The van der Waals surface area contributed by atoms with Gasteiger partial charge in [0, 0.05) is 30.7 Å². The molecule has 1 aliphatic rings. The Morgan fingerprint density at radius 3 is 2.52 bits per heavy atom. The third kappa shape index (κ3) is 4.31. The van der Waals surface area contributed by atoms with Gasteiger partial charge in [-0.3, -0.25) is 4.90 Å². The van der Waals surface area contributed by atoms with Crippen molar-refractivity contribution < 1.29 is 0 Å². The highest BCUT2D eigenvalue weighted by atomic mass is 15.3. The molecule has 0 aromatic heterocycles. The third-order valence-electron chi connectivity index (χ3n) is 5.05. The summed E-state index contributed by atoms with van der Waals surface area (Å²) in [5, 5.41) is 3.70. The van der Waals surface area contributed by atoms with Gasteiger partial charge >= 0.3 is 0 Å². The smallest absolute Gasteiger partial charge is 0.0218 e. The molecule has 1 aromatic rings. The molecule has 1 aliphatic heterocycles. The zero-order valence-corrected chi connectivity index (χ0v) is 14.4. The Hall–Kier alpha value is -0.860. The van der Waals surface area contributed by atoms with Gasteiger partial charge < -0.3 is 5.32 Å². The lowest BCUT2D eigenvalue weighted by molar-refractivity contribution is 0.0248. The molecule has 1 fully saturated rings. The molecule has 0 saturated carbocycles. The molecule has 2 rings (SSSR count). The maximum atomic E-state index is 3.70. The van der Waals surface area contributed by atoms with Gasteiger partial charge in [0.15, 0.2) is 0 Å². The van der Waals surface area contributed by atoms with Crippen molar-refractivity contribution in [2.24, 2.45) is 5.92 Å². The molecule has 0 aliphatic carbocycles. The van der Waals surface area contributed by atoms with E-state index in [1.54, 1.807) is 0 Å². The molecule has 1 N–H and O–H groups in total. The lowest BCUT2D eigenvalue weighted by Gasteiger charge is -2.49. The van der Waals surface area contributed by atoms with Crippen LogP contribution < -0.4 is 5.32 Å². The van der Waals surface area contributed by atoms with Crippen molar-refractivity contribution >= 4 is 0 Å². The number of piperazine rings is 1. The van der Waals surface area contributed by atoms with Crippen molar-refractivity contribution in [2.45, 2.75) is 65.1 Å². The van der Waals surface area contributed by atoms with E-state index in [4.69, 9.17) is 0 Å². The van der Waals surface area contributed by atoms with Crippen LogP contribution in [-0.2, 0) is 6.42 Å². The van der Waals surface area contributed by atoms with E-state index in [1.165, 1.54) is 18.5 Å². The van der Waals surface area contributed by atoms with Gasteiger partial charge in [-0.05, 0) is 45.1 Å². The van der Waals surface area contributed by atoms with E-state index in [2.05, 4.69) is 75.2 Å². The summed E-state index contributed by atoms with van der Waals surface area (Å²) in [7, 11) is 0. The summed E-state index contributed by atoms with van der Waals surface area (Å²) in [4.78, 5) is 2.72. The number of hydrogen-bond donors (Lipinski definition) is 1. The summed E-state index contributed by atoms with van der Waals surface area (Å²) in [6.45, 7) is 14.1. The molecule has 0 amide bonds. The molecule has 2 nitrogen and oxygen atoms in total. The van der Waals surface area contributed by atoms with Crippen LogP contribution in [0.4, 0.5) is 0 Å². The van der Waals surface area contributed by atoms with Gasteiger partial charge in [0.25, 0.3) is 0 Å². The molecule has 1 aromatic carbocycles. The van der Waals surface area contributed by atoms with Crippen LogP contribution in [0.5, 0.6) is 0 Å². The zero-order chi connectivity index (χ0) is 15.5. The molecule has 21 heavy (non-hydrogen) atoms. The van der Waals surface area contributed by atoms with E-state index in [0.29, 0.717) is 18.0 Å². The normalized spacial score (nSPS) is 24.5. The second kappa shape index (κ2) is 6.93. The molecule has 1 saturated heterocycles. The van der Waals surface area contributed by atoms with Crippen LogP contribution in [0, 0.1) is 5.92 Å². The molecule has 2 unspecified atom stereocenters. The summed E-state index contributed by atoms with van der Waals surface area (Å²) >= 11 is 0. The van der Waals surface area contributed by atoms with Crippen molar-refractivity contribution in [2.75, 3.05) is 13.1 Å². The number of nitrogens with one attached hydrogen (secondary N) is 1. The van der Waals surface area contributed by atoms with Gasteiger partial charge in [-0.2, -0.15) is 0 Å². The number of aryl methyl sites for hydroxylation is 1. The number of rotatable bonds is 5. The predicted octanol–water partition coefficient (Wildman–Crippen LogP) is 3.72. The maximum absolute atomic E-state index is 3.70. The minimum Gasteiger partial charge on any atom is -0.311 e. The predicted molar refractivity (Wildman–Crippen MR) is 91.6 cm³/mol. The largest absolute Gasteiger partial charge is 0.311 e. The van der Waals surface area contributed by atoms with E-state index < -0.39 is 0 Å². The topological polar surface area (TPSA) is 15.3 Å². The average Bonchev–Trinajstić information content (AvgIpc) is 2.46. The van der Waals surface area contributed by atoms with E-state index in [-0.39, 0.29) is 5.54 Å². The van der Waals surface area contributed by atoms with Gasteiger partial charge in [0.1, 0.15) is 0 Å². The first-order valence-electron chi connectivity index (χ1n) is 8.44. The van der Waals surface area contributed by atoms with E-state index in [9.17, 15) is 0 Å². The summed E-state index contributed by atoms with van der Waals surface area (Å²) in [5.74, 6) is 0.699. The fourth-order valence-corrected chi connectivity index (χ4v) is 3.42. The molecule has 0 spiro atoms. The van der Waals surface area contributed by atoms with Crippen molar-refractivity contribution in [3.8, 4) is 0 Å². The molecule has 2 atom stereocenters. The second-order valence-corrected chi connectivity index (χ2v) is 7.56. The van der Waals surface area contributed by atoms with E-state index >= 15 is 0 Å². The summed E-state index contributed by atoms with van der Waals surface area (Å²) in [5.41, 5.74) is 1.71. The van der Waals surface area contributed by atoms with Crippen LogP contribution >= 0.6 is 0 Å². The Bertz CT molecular complexity index is 424. The van der Waals surface area contributed by atoms with Crippen molar-refractivity contribution in [1.29, 1.82) is 0 Å². The Labute approximate surface area is 130 Å². The first-order valence-corrected chi connectivity index (χ1v) is 8.44. The highest BCUT2D eigenvalue weighted by Crippen LogP contribution is 2.27. The Balaban J connectivity index is 1.99. The van der Waals surface area contributed by atoms with E-state index in [1.807, 2.05) is 0 Å². The quantitative estimate of drug-likeness (QED) is 0.888. The highest BCUT2D eigenvalue weighted by Gasteiger charge is 2.35. The van der Waals surface area contributed by atoms with Crippen LogP contribution in [0.2, 0.25) is 0 Å². The first-order chi connectivity index (χ1) is 9.90. The maximum Gasteiger partial charge on any atom is 0.0218 e. The summed E-state index contributed by atoms with van der Waals surface area (Å²) in [6.07, 6.45) is 2.38. The van der Waals surface area contributed by atoms with Crippen molar-refractivity contribution in [3.05, 3.63) is 35.9 Å². The molecule has 0 bridgehead atoms. The molecular formula is C19H32N2. The molecule has 0 radical (unpaired) electrons. The minimum absolute atomic E-state index is 0.254. The summed E-state index contributed by atoms with van der Waals surface area (Å²) in [6, 6.07) is 12.1. The molecule has 118 valence electrons.